The van der Waals surface area contributed by atoms with Crippen LogP contribution in [0.3, 0.4) is 0 Å². The van der Waals surface area contributed by atoms with Gasteiger partial charge in [0.25, 0.3) is 11.8 Å². The average Bonchev–Trinajstić information content (AvgIpc) is 3.28. The lowest BCUT2D eigenvalue weighted by molar-refractivity contribution is 0.0817. The van der Waals surface area contributed by atoms with E-state index in [-0.39, 0.29) is 17.8 Å². The average molecular weight is 579 g/mol. The van der Waals surface area contributed by atoms with Crippen molar-refractivity contribution in [1.29, 1.82) is 0 Å². The highest BCUT2D eigenvalue weighted by molar-refractivity contribution is 6.33. The third-order valence-corrected chi connectivity index (χ3v) is 7.84. The summed E-state index contributed by atoms with van der Waals surface area (Å²) in [5.41, 5.74) is 4.40. The third kappa shape index (κ3) is 5.73. The Morgan fingerprint density at radius 2 is 1.80 bits per heavy atom. The van der Waals surface area contributed by atoms with Gasteiger partial charge in [0, 0.05) is 69.7 Å². The standard InChI is InChI=1S/C29H35ClN8O3/c1-17(2)37-10-12-38(13-11-37)23-9-8-22(25-19(23)16-36(4)28(25)40)33-26-20(30)15-32-29(35-26)34-21-7-6-18(27(39)31-3)14-24(21)41-5/h6-9,14-15,17H,10-13,16H2,1-5H3,(H,31,39)(H2,32,33,34,35). The number of anilines is 5. The summed E-state index contributed by atoms with van der Waals surface area (Å²) in [6.07, 6.45) is 1.49. The van der Waals surface area contributed by atoms with Crippen molar-refractivity contribution in [2.24, 2.45) is 0 Å². The molecule has 0 unspecified atom stereocenters. The van der Waals surface area contributed by atoms with E-state index in [0.717, 1.165) is 37.4 Å². The van der Waals surface area contributed by atoms with Gasteiger partial charge in [-0.25, -0.2) is 4.98 Å². The third-order valence-electron chi connectivity index (χ3n) is 7.56. The number of amides is 2. The van der Waals surface area contributed by atoms with Crippen LogP contribution in [0.5, 0.6) is 5.75 Å². The van der Waals surface area contributed by atoms with Crippen LogP contribution in [0.1, 0.15) is 40.1 Å². The van der Waals surface area contributed by atoms with Crippen molar-refractivity contribution in [2.75, 3.05) is 62.9 Å². The van der Waals surface area contributed by atoms with E-state index >= 15 is 0 Å². The molecule has 0 radical (unpaired) electrons. The lowest BCUT2D eigenvalue weighted by Crippen LogP contribution is -2.49. The Kier molecular flexibility index (Phi) is 8.18. The van der Waals surface area contributed by atoms with Crippen LogP contribution >= 0.6 is 11.6 Å². The van der Waals surface area contributed by atoms with Gasteiger partial charge in [-0.05, 0) is 44.2 Å². The molecule has 3 aromatic rings. The fourth-order valence-electron chi connectivity index (χ4n) is 5.26. The van der Waals surface area contributed by atoms with E-state index in [1.807, 2.05) is 13.1 Å². The summed E-state index contributed by atoms with van der Waals surface area (Å²) in [7, 11) is 4.90. The van der Waals surface area contributed by atoms with E-state index in [0.29, 0.717) is 51.7 Å². The minimum Gasteiger partial charge on any atom is -0.495 e. The molecule has 3 heterocycles. The van der Waals surface area contributed by atoms with Crippen LogP contribution in [0.25, 0.3) is 0 Å². The molecule has 1 fully saturated rings. The van der Waals surface area contributed by atoms with Gasteiger partial charge in [-0.3, -0.25) is 14.5 Å². The smallest absolute Gasteiger partial charge is 0.256 e. The van der Waals surface area contributed by atoms with Crippen LogP contribution in [0.4, 0.5) is 28.8 Å². The van der Waals surface area contributed by atoms with Crippen molar-refractivity contribution >= 4 is 52.2 Å². The number of ether oxygens (including phenoxy) is 1. The summed E-state index contributed by atoms with van der Waals surface area (Å²) in [6.45, 7) is 8.79. The van der Waals surface area contributed by atoms with Gasteiger partial charge < -0.3 is 30.5 Å². The molecule has 0 saturated carbocycles. The Morgan fingerprint density at radius 1 is 1.07 bits per heavy atom. The number of piperazine rings is 1. The Balaban J connectivity index is 1.41. The normalized spacial score (nSPS) is 15.2. The summed E-state index contributed by atoms with van der Waals surface area (Å²) in [6, 6.07) is 9.54. The minimum absolute atomic E-state index is 0.0466. The highest BCUT2D eigenvalue weighted by Gasteiger charge is 2.32. The van der Waals surface area contributed by atoms with Crippen LogP contribution in [0.2, 0.25) is 5.02 Å². The Morgan fingerprint density at radius 3 is 2.49 bits per heavy atom. The summed E-state index contributed by atoms with van der Waals surface area (Å²) in [5, 5.41) is 9.31. The molecule has 0 bridgehead atoms. The molecule has 11 nitrogen and oxygen atoms in total. The van der Waals surface area contributed by atoms with Crippen molar-refractivity contribution in [3.8, 4) is 5.75 Å². The number of nitrogens with zero attached hydrogens (tertiary/aromatic N) is 5. The fraction of sp³-hybridized carbons (Fsp3) is 0.379. The van der Waals surface area contributed by atoms with Crippen molar-refractivity contribution < 1.29 is 14.3 Å². The molecular formula is C29H35ClN8O3. The zero-order chi connectivity index (χ0) is 29.3. The highest BCUT2D eigenvalue weighted by atomic mass is 35.5. The van der Waals surface area contributed by atoms with E-state index < -0.39 is 0 Å². The molecule has 2 aliphatic rings. The fourth-order valence-corrected chi connectivity index (χ4v) is 5.40. The second-order valence-electron chi connectivity index (χ2n) is 10.4. The first-order chi connectivity index (χ1) is 19.7. The van der Waals surface area contributed by atoms with E-state index in [9.17, 15) is 9.59 Å². The number of fused-ring (bicyclic) bond motifs is 1. The predicted octanol–water partition coefficient (Wildman–Crippen LogP) is 4.10. The maximum Gasteiger partial charge on any atom is 0.256 e. The van der Waals surface area contributed by atoms with E-state index in [2.05, 4.69) is 55.6 Å². The van der Waals surface area contributed by atoms with Gasteiger partial charge in [0.05, 0.1) is 30.2 Å². The minimum atomic E-state index is -0.222. The van der Waals surface area contributed by atoms with Gasteiger partial charge >= 0.3 is 0 Å². The summed E-state index contributed by atoms with van der Waals surface area (Å²) < 4.78 is 5.46. The first kappa shape index (κ1) is 28.4. The topological polar surface area (TPSA) is 115 Å². The van der Waals surface area contributed by atoms with Crippen LogP contribution in [0.15, 0.2) is 36.5 Å². The van der Waals surface area contributed by atoms with E-state index in [1.54, 1.807) is 30.1 Å². The van der Waals surface area contributed by atoms with Gasteiger partial charge in [-0.15, -0.1) is 0 Å². The van der Waals surface area contributed by atoms with Gasteiger partial charge in [0.2, 0.25) is 5.95 Å². The zero-order valence-corrected chi connectivity index (χ0v) is 24.7. The molecule has 2 aliphatic heterocycles. The number of carbonyl (C=O) groups is 2. The number of carbonyl (C=O) groups excluding carboxylic acids is 2. The highest BCUT2D eigenvalue weighted by Crippen LogP contribution is 2.38. The largest absolute Gasteiger partial charge is 0.495 e. The first-order valence-electron chi connectivity index (χ1n) is 13.6. The number of nitrogens with one attached hydrogen (secondary N) is 3. The molecule has 0 spiro atoms. The van der Waals surface area contributed by atoms with Crippen LogP contribution in [-0.2, 0) is 6.54 Å². The maximum absolute atomic E-state index is 13.3. The number of hydrogen-bond acceptors (Lipinski definition) is 9. The maximum atomic E-state index is 13.3. The quantitative estimate of drug-likeness (QED) is 0.363. The molecular weight excluding hydrogens is 544 g/mol. The molecule has 12 heteroatoms. The molecule has 2 aromatic carbocycles. The lowest BCUT2D eigenvalue weighted by atomic mass is 10.0. The van der Waals surface area contributed by atoms with Gasteiger partial charge in [-0.2, -0.15) is 4.98 Å². The number of methoxy groups -OCH3 is 1. The lowest BCUT2D eigenvalue weighted by Gasteiger charge is -2.38. The second kappa shape index (κ2) is 11.8. The summed E-state index contributed by atoms with van der Waals surface area (Å²) >= 11 is 6.49. The molecule has 0 aliphatic carbocycles. The number of hydrogen-bond donors (Lipinski definition) is 3. The molecule has 41 heavy (non-hydrogen) atoms. The SMILES string of the molecule is CNC(=O)c1ccc(Nc2ncc(Cl)c(Nc3ccc(N4CCN(C(C)C)CC4)c4c3C(=O)N(C)C4)n2)c(OC)c1. The Labute approximate surface area is 244 Å². The Bertz CT molecular complexity index is 1470. The first-order valence-corrected chi connectivity index (χ1v) is 13.9. The van der Waals surface area contributed by atoms with Gasteiger partial charge in [0.1, 0.15) is 10.8 Å². The van der Waals surface area contributed by atoms with Crippen molar-refractivity contribution in [2.45, 2.75) is 26.4 Å². The predicted molar refractivity (Wildman–Crippen MR) is 161 cm³/mol. The molecule has 0 atom stereocenters. The van der Waals surface area contributed by atoms with Gasteiger partial charge in [-0.1, -0.05) is 11.6 Å². The number of halogens is 1. The Hall–Kier alpha value is -4.09. The van der Waals surface area contributed by atoms with Gasteiger partial charge in [0.15, 0.2) is 5.82 Å². The zero-order valence-electron chi connectivity index (χ0n) is 23.9. The number of aromatic nitrogens is 2. The number of rotatable bonds is 8. The van der Waals surface area contributed by atoms with Crippen LogP contribution < -0.4 is 25.6 Å². The molecule has 1 aromatic heterocycles. The molecule has 3 N–H and O–H groups in total. The molecule has 2 amide bonds. The monoisotopic (exact) mass is 578 g/mol. The van der Waals surface area contributed by atoms with E-state index in [4.69, 9.17) is 16.3 Å². The molecule has 216 valence electrons. The van der Waals surface area contributed by atoms with Crippen molar-refractivity contribution in [1.82, 2.24) is 25.1 Å². The van der Waals surface area contributed by atoms with Crippen molar-refractivity contribution in [3.05, 3.63) is 58.2 Å². The molecule has 1 saturated heterocycles. The summed E-state index contributed by atoms with van der Waals surface area (Å²) in [4.78, 5) is 40.7. The van der Waals surface area contributed by atoms with Crippen LogP contribution in [-0.4, -0.2) is 85.0 Å². The number of benzene rings is 2. The molecule has 5 rings (SSSR count). The second-order valence-corrected chi connectivity index (χ2v) is 10.8. The summed E-state index contributed by atoms with van der Waals surface area (Å²) in [5.74, 6) is 0.807. The van der Waals surface area contributed by atoms with E-state index in [1.165, 1.54) is 13.3 Å². The van der Waals surface area contributed by atoms with Crippen molar-refractivity contribution in [3.63, 3.8) is 0 Å². The van der Waals surface area contributed by atoms with Crippen LogP contribution in [0, 0.1) is 0 Å².